The third-order valence-corrected chi connectivity index (χ3v) is 6.65. The van der Waals surface area contributed by atoms with Crippen molar-refractivity contribution in [1.82, 2.24) is 14.4 Å². The van der Waals surface area contributed by atoms with Gasteiger partial charge in [-0.15, -0.1) is 6.58 Å². The number of hydrogen-bond donors (Lipinski definition) is 0. The summed E-state index contributed by atoms with van der Waals surface area (Å²) in [4.78, 5) is 36.7. The van der Waals surface area contributed by atoms with Gasteiger partial charge in [0.05, 0.1) is 36.3 Å². The van der Waals surface area contributed by atoms with Crippen LogP contribution in [0.1, 0.15) is 35.8 Å². The number of methoxy groups -OCH3 is 1. The number of aryl methyl sites for hydroxylation is 1. The first kappa shape index (κ1) is 24.1. The van der Waals surface area contributed by atoms with Gasteiger partial charge in [0.25, 0.3) is 5.78 Å². The van der Waals surface area contributed by atoms with Gasteiger partial charge in [-0.3, -0.25) is 9.20 Å². The van der Waals surface area contributed by atoms with E-state index in [0.717, 1.165) is 22.9 Å². The van der Waals surface area contributed by atoms with Gasteiger partial charge < -0.3 is 14.4 Å². The van der Waals surface area contributed by atoms with E-state index in [0.29, 0.717) is 42.7 Å². The van der Waals surface area contributed by atoms with E-state index in [9.17, 15) is 9.59 Å². The quantitative estimate of drug-likeness (QED) is 0.195. The number of benzene rings is 1. The number of ketones is 1. The lowest BCUT2D eigenvalue weighted by atomic mass is 9.93. The maximum atomic E-state index is 13.1. The van der Waals surface area contributed by atoms with E-state index in [4.69, 9.17) is 14.5 Å². The van der Waals surface area contributed by atoms with E-state index in [-0.39, 0.29) is 11.2 Å². The Morgan fingerprint density at radius 3 is 2.65 bits per heavy atom. The molecule has 178 valence electrons. The number of hydrogen-bond acceptors (Lipinski definition) is 7. The smallest absolute Gasteiger partial charge is 0.379 e. The molecule has 1 saturated heterocycles. The predicted molar refractivity (Wildman–Crippen MR) is 133 cm³/mol. The first-order valence-electron chi connectivity index (χ1n) is 11.0. The number of piperidine rings is 1. The van der Waals surface area contributed by atoms with Gasteiger partial charge >= 0.3 is 5.97 Å². The lowest BCUT2D eigenvalue weighted by molar-refractivity contribution is -0.135. The van der Waals surface area contributed by atoms with Gasteiger partial charge in [0, 0.05) is 29.3 Å². The standard InChI is InChI=1S/C25H27BrN4O4/c1-5-13-34-25(3)9-11-29(12-10-25)22-20(21(31)23(32)33-4)16(2)27-24-28-19(15-30(22)24)17-7-6-8-18(26)14-17/h5-8,14-15H,1,9-13H2,2-4H3. The van der Waals surface area contributed by atoms with E-state index in [1.54, 1.807) is 17.4 Å². The molecular formula is C25H27BrN4O4. The second-order valence-corrected chi connectivity index (χ2v) is 9.48. The highest BCUT2D eigenvalue weighted by Crippen LogP contribution is 2.34. The fourth-order valence-electron chi connectivity index (χ4n) is 4.25. The fraction of sp³-hybridized carbons (Fsp3) is 0.360. The molecule has 0 amide bonds. The molecule has 1 aromatic carbocycles. The molecule has 0 aliphatic carbocycles. The molecule has 0 saturated carbocycles. The van der Waals surface area contributed by atoms with Crippen molar-refractivity contribution >= 4 is 39.3 Å². The zero-order chi connectivity index (χ0) is 24.5. The van der Waals surface area contributed by atoms with Gasteiger partial charge in [-0.25, -0.2) is 14.8 Å². The molecule has 0 N–H and O–H groups in total. The van der Waals surface area contributed by atoms with Crippen LogP contribution in [0.2, 0.25) is 0 Å². The van der Waals surface area contributed by atoms with E-state index < -0.39 is 11.8 Å². The van der Waals surface area contributed by atoms with Crippen molar-refractivity contribution in [3.05, 3.63) is 58.8 Å². The molecule has 4 rings (SSSR count). The predicted octanol–water partition coefficient (Wildman–Crippen LogP) is 4.38. The third kappa shape index (κ3) is 4.63. The van der Waals surface area contributed by atoms with E-state index >= 15 is 0 Å². The summed E-state index contributed by atoms with van der Waals surface area (Å²) in [7, 11) is 1.20. The van der Waals surface area contributed by atoms with Crippen LogP contribution in [0.15, 0.2) is 47.6 Å². The van der Waals surface area contributed by atoms with Gasteiger partial charge in [0.1, 0.15) is 5.82 Å². The van der Waals surface area contributed by atoms with Crippen LogP contribution < -0.4 is 4.90 Å². The summed E-state index contributed by atoms with van der Waals surface area (Å²) < 4.78 is 13.5. The molecule has 1 aliphatic rings. The number of esters is 1. The molecule has 0 bridgehead atoms. The van der Waals surface area contributed by atoms with Crippen LogP contribution in [-0.2, 0) is 14.3 Å². The zero-order valence-corrected chi connectivity index (χ0v) is 21.1. The molecule has 0 spiro atoms. The SMILES string of the molecule is C=CCOC1(C)CCN(c2c(C(=O)C(=O)OC)c(C)nc3nc(-c4cccc(Br)c4)cn23)CC1. The number of carbonyl (C=O) groups excluding carboxylic acids is 2. The Morgan fingerprint density at radius 1 is 1.26 bits per heavy atom. The van der Waals surface area contributed by atoms with Crippen LogP contribution in [0, 0.1) is 6.92 Å². The Kier molecular flexibility index (Phi) is 6.86. The number of carbonyl (C=O) groups is 2. The molecule has 1 fully saturated rings. The molecule has 0 unspecified atom stereocenters. The van der Waals surface area contributed by atoms with Gasteiger partial charge in [-0.2, -0.15) is 0 Å². The average Bonchev–Trinajstić information content (AvgIpc) is 3.25. The maximum absolute atomic E-state index is 13.1. The molecule has 9 heteroatoms. The molecule has 0 radical (unpaired) electrons. The second kappa shape index (κ2) is 9.68. The Labute approximate surface area is 206 Å². The van der Waals surface area contributed by atoms with Crippen molar-refractivity contribution < 1.29 is 19.1 Å². The molecule has 3 aromatic rings. The summed E-state index contributed by atoms with van der Waals surface area (Å²) >= 11 is 3.50. The summed E-state index contributed by atoms with van der Waals surface area (Å²) in [5, 5.41) is 0. The normalized spacial score (nSPS) is 15.4. The summed E-state index contributed by atoms with van der Waals surface area (Å²) in [6.07, 6.45) is 5.11. The number of Topliss-reactive ketones (excluding diaryl/α,β-unsaturated/α-hetero) is 1. The molecule has 1 aliphatic heterocycles. The highest BCUT2D eigenvalue weighted by atomic mass is 79.9. The van der Waals surface area contributed by atoms with Crippen molar-refractivity contribution in [2.24, 2.45) is 0 Å². The van der Waals surface area contributed by atoms with Crippen LogP contribution >= 0.6 is 15.9 Å². The number of rotatable bonds is 7. The number of halogens is 1. The van der Waals surface area contributed by atoms with Crippen LogP contribution in [0.5, 0.6) is 0 Å². The van der Waals surface area contributed by atoms with Gasteiger partial charge in [-0.05, 0) is 38.8 Å². The van der Waals surface area contributed by atoms with Crippen LogP contribution in [0.3, 0.4) is 0 Å². The number of nitrogens with zero attached hydrogens (tertiary/aromatic N) is 4. The Bertz CT molecular complexity index is 1260. The molecular weight excluding hydrogens is 500 g/mol. The van der Waals surface area contributed by atoms with Gasteiger partial charge in [0.2, 0.25) is 5.78 Å². The van der Waals surface area contributed by atoms with E-state index in [1.807, 2.05) is 30.5 Å². The Morgan fingerprint density at radius 2 is 2.00 bits per heavy atom. The van der Waals surface area contributed by atoms with Crippen molar-refractivity contribution in [2.45, 2.75) is 32.3 Å². The Balaban J connectivity index is 1.83. The minimum atomic E-state index is -0.922. The topological polar surface area (TPSA) is 86.0 Å². The van der Waals surface area contributed by atoms with E-state index in [1.165, 1.54) is 7.11 Å². The maximum Gasteiger partial charge on any atom is 0.379 e. The average molecular weight is 527 g/mol. The summed E-state index contributed by atoms with van der Waals surface area (Å²) in [5.41, 5.74) is 2.00. The fourth-order valence-corrected chi connectivity index (χ4v) is 4.65. The molecule has 2 aromatic heterocycles. The number of ether oxygens (including phenoxy) is 2. The van der Waals surface area contributed by atoms with Crippen molar-refractivity contribution in [3.8, 4) is 11.3 Å². The number of imidazole rings is 1. The monoisotopic (exact) mass is 526 g/mol. The van der Waals surface area contributed by atoms with Crippen molar-refractivity contribution in [2.75, 3.05) is 31.7 Å². The molecule has 0 atom stereocenters. The lowest BCUT2D eigenvalue weighted by Crippen LogP contribution is -2.45. The van der Waals surface area contributed by atoms with Crippen LogP contribution in [-0.4, -0.2) is 58.5 Å². The zero-order valence-electron chi connectivity index (χ0n) is 19.5. The molecule has 8 nitrogen and oxygen atoms in total. The number of anilines is 1. The number of aromatic nitrogens is 3. The van der Waals surface area contributed by atoms with Gasteiger partial charge in [0.15, 0.2) is 0 Å². The second-order valence-electron chi connectivity index (χ2n) is 8.56. The van der Waals surface area contributed by atoms with Crippen LogP contribution in [0.25, 0.3) is 17.0 Å². The third-order valence-electron chi connectivity index (χ3n) is 6.16. The van der Waals surface area contributed by atoms with E-state index in [2.05, 4.69) is 39.3 Å². The highest BCUT2D eigenvalue weighted by molar-refractivity contribution is 9.10. The largest absolute Gasteiger partial charge is 0.463 e. The lowest BCUT2D eigenvalue weighted by Gasteiger charge is -2.40. The minimum absolute atomic E-state index is 0.230. The first-order valence-corrected chi connectivity index (χ1v) is 11.8. The summed E-state index contributed by atoms with van der Waals surface area (Å²) in [6, 6.07) is 7.81. The summed E-state index contributed by atoms with van der Waals surface area (Å²) in [6.45, 7) is 9.30. The van der Waals surface area contributed by atoms with Gasteiger partial charge in [-0.1, -0.05) is 34.1 Å². The van der Waals surface area contributed by atoms with Crippen LogP contribution in [0.4, 0.5) is 5.82 Å². The summed E-state index contributed by atoms with van der Waals surface area (Å²) in [5.74, 6) is -0.593. The Hall–Kier alpha value is -3.04. The molecule has 34 heavy (non-hydrogen) atoms. The van der Waals surface area contributed by atoms with Crippen molar-refractivity contribution in [1.29, 1.82) is 0 Å². The minimum Gasteiger partial charge on any atom is -0.463 e. The number of fused-ring (bicyclic) bond motifs is 1. The first-order chi connectivity index (χ1) is 16.3. The van der Waals surface area contributed by atoms with Crippen molar-refractivity contribution in [3.63, 3.8) is 0 Å². The molecule has 3 heterocycles. The highest BCUT2D eigenvalue weighted by Gasteiger charge is 2.35.